The largest absolute Gasteiger partial charge is 0.481 e. The summed E-state index contributed by atoms with van der Waals surface area (Å²) in [4.78, 5) is 21.7. The van der Waals surface area contributed by atoms with E-state index in [1.807, 2.05) is 21.1 Å². The van der Waals surface area contributed by atoms with Crippen LogP contribution in [0, 0.1) is 0 Å². The molecule has 17 heavy (non-hydrogen) atoms. The Morgan fingerprint density at radius 1 is 1.24 bits per heavy atom. The van der Waals surface area contributed by atoms with Crippen molar-refractivity contribution in [1.82, 2.24) is 0 Å². The molecule has 0 aromatic carbocycles. The third-order valence-corrected chi connectivity index (χ3v) is 1.96. The van der Waals surface area contributed by atoms with Crippen LogP contribution >= 0.6 is 0 Å². The number of aliphatic carboxylic acids is 1. The van der Waals surface area contributed by atoms with E-state index in [-0.39, 0.29) is 12.8 Å². The van der Waals surface area contributed by atoms with Crippen LogP contribution in [0.25, 0.3) is 0 Å². The van der Waals surface area contributed by atoms with E-state index in [0.29, 0.717) is 11.0 Å². The normalized spacial score (nSPS) is 15.1. The minimum Gasteiger partial charge on any atom is -0.481 e. The van der Waals surface area contributed by atoms with Gasteiger partial charge in [-0.3, -0.25) is 9.59 Å². The molecule has 0 saturated heterocycles. The monoisotopic (exact) mass is 248 g/mol. The third kappa shape index (κ3) is 9.77. The molecule has 100 valence electrons. The topological polar surface area (TPSA) is 83.8 Å². The van der Waals surface area contributed by atoms with Gasteiger partial charge in [-0.2, -0.15) is 0 Å². The molecule has 0 spiro atoms. The maximum Gasteiger partial charge on any atom is 0.308 e. The van der Waals surface area contributed by atoms with Gasteiger partial charge < -0.3 is 19.4 Å². The second kappa shape index (κ2) is 6.56. The van der Waals surface area contributed by atoms with E-state index in [0.717, 1.165) is 0 Å². The van der Waals surface area contributed by atoms with Crippen molar-refractivity contribution in [3.05, 3.63) is 0 Å². The average molecular weight is 248 g/mol. The first-order valence-corrected chi connectivity index (χ1v) is 5.50. The highest BCUT2D eigenvalue weighted by atomic mass is 16.5. The fourth-order valence-electron chi connectivity index (χ4n) is 1.45. The molecule has 2 atom stereocenters. The molecule has 0 aromatic rings. The molecule has 0 bridgehead atoms. The number of carbonyl (C=O) groups is 2. The van der Waals surface area contributed by atoms with E-state index in [4.69, 9.17) is 9.84 Å². The first-order valence-electron chi connectivity index (χ1n) is 5.50. The fourth-order valence-corrected chi connectivity index (χ4v) is 1.45. The summed E-state index contributed by atoms with van der Waals surface area (Å²) in [5.74, 6) is -1.59. The van der Waals surface area contributed by atoms with E-state index in [1.165, 1.54) is 6.92 Å². The Morgan fingerprint density at radius 2 is 1.76 bits per heavy atom. The highest BCUT2D eigenvalue weighted by Gasteiger charge is 2.21. The standard InChI is InChI=1S/C11H21NO5/c1-8(5-10(14)15)17-11(16)6-9(13)7-12(2,3)4/h8-9,13H,5-7H2,1-4H3/p+1/t8?,9-/m1/s1. The summed E-state index contributed by atoms with van der Waals surface area (Å²) in [7, 11) is 5.71. The SMILES string of the molecule is CC(CC(=O)O)OC(=O)C[C@@H](O)C[N+](C)(C)C. The number of hydrogen-bond acceptors (Lipinski definition) is 4. The molecular weight excluding hydrogens is 226 g/mol. The smallest absolute Gasteiger partial charge is 0.308 e. The van der Waals surface area contributed by atoms with Gasteiger partial charge in [-0.05, 0) is 6.92 Å². The number of ether oxygens (including phenoxy) is 1. The number of nitrogens with zero attached hydrogens (tertiary/aromatic N) is 1. The molecule has 1 unspecified atom stereocenters. The number of likely N-dealkylation sites (N-methyl/N-ethyl adjacent to an activating group) is 1. The number of carbonyl (C=O) groups excluding carboxylic acids is 1. The number of aliphatic hydroxyl groups excluding tert-OH is 1. The summed E-state index contributed by atoms with van der Waals surface area (Å²) in [6, 6.07) is 0. The Morgan fingerprint density at radius 3 is 2.18 bits per heavy atom. The quantitative estimate of drug-likeness (QED) is 0.483. The second-order valence-corrected chi connectivity index (χ2v) is 5.23. The number of hydrogen-bond donors (Lipinski definition) is 2. The van der Waals surface area contributed by atoms with E-state index >= 15 is 0 Å². The molecule has 0 saturated carbocycles. The lowest BCUT2D eigenvalue weighted by molar-refractivity contribution is -0.873. The first kappa shape index (κ1) is 15.9. The number of carboxylic acids is 1. The van der Waals surface area contributed by atoms with Gasteiger partial charge in [-0.15, -0.1) is 0 Å². The number of carboxylic acid groups (broad SMARTS) is 1. The molecule has 0 aliphatic carbocycles. The van der Waals surface area contributed by atoms with Crippen molar-refractivity contribution in [2.75, 3.05) is 27.7 Å². The molecule has 0 aliphatic heterocycles. The van der Waals surface area contributed by atoms with Crippen molar-refractivity contribution in [1.29, 1.82) is 0 Å². The highest BCUT2D eigenvalue weighted by Crippen LogP contribution is 2.04. The van der Waals surface area contributed by atoms with Crippen molar-refractivity contribution in [2.45, 2.75) is 32.0 Å². The summed E-state index contributed by atoms with van der Waals surface area (Å²) >= 11 is 0. The van der Waals surface area contributed by atoms with Gasteiger partial charge in [0.05, 0.1) is 34.0 Å². The van der Waals surface area contributed by atoms with E-state index in [1.54, 1.807) is 0 Å². The zero-order valence-corrected chi connectivity index (χ0v) is 10.8. The van der Waals surface area contributed by atoms with Crippen molar-refractivity contribution < 1.29 is 29.0 Å². The van der Waals surface area contributed by atoms with Crippen LogP contribution in [0.15, 0.2) is 0 Å². The van der Waals surface area contributed by atoms with Gasteiger partial charge in [-0.25, -0.2) is 0 Å². The maximum atomic E-state index is 11.3. The maximum absolute atomic E-state index is 11.3. The summed E-state index contributed by atoms with van der Waals surface area (Å²) in [5, 5.41) is 18.1. The van der Waals surface area contributed by atoms with Crippen molar-refractivity contribution in [3.63, 3.8) is 0 Å². The minimum atomic E-state index is -1.02. The molecule has 0 heterocycles. The van der Waals surface area contributed by atoms with Crippen LogP contribution in [0.2, 0.25) is 0 Å². The van der Waals surface area contributed by atoms with Gasteiger partial charge in [0.2, 0.25) is 0 Å². The van der Waals surface area contributed by atoms with Gasteiger partial charge in [0.15, 0.2) is 0 Å². The number of esters is 1. The van der Waals surface area contributed by atoms with Crippen molar-refractivity contribution in [2.24, 2.45) is 0 Å². The molecule has 0 aliphatic rings. The zero-order valence-electron chi connectivity index (χ0n) is 10.8. The summed E-state index contributed by atoms with van der Waals surface area (Å²) < 4.78 is 5.40. The Hall–Kier alpha value is -1.14. The van der Waals surface area contributed by atoms with Gasteiger partial charge in [0, 0.05) is 0 Å². The zero-order chi connectivity index (χ0) is 13.6. The first-order chi connectivity index (χ1) is 7.60. The average Bonchev–Trinajstić information content (AvgIpc) is 1.95. The highest BCUT2D eigenvalue weighted by molar-refractivity contribution is 5.71. The van der Waals surface area contributed by atoms with Crippen molar-refractivity contribution >= 4 is 11.9 Å². The van der Waals surface area contributed by atoms with Crippen molar-refractivity contribution in [3.8, 4) is 0 Å². The molecule has 6 nitrogen and oxygen atoms in total. The van der Waals surface area contributed by atoms with Gasteiger partial charge in [-0.1, -0.05) is 0 Å². The van der Waals surface area contributed by atoms with Crippen LogP contribution in [-0.2, 0) is 14.3 Å². The van der Waals surface area contributed by atoms with Crippen LogP contribution in [0.3, 0.4) is 0 Å². The third-order valence-electron chi connectivity index (χ3n) is 1.96. The molecule has 0 aromatic heterocycles. The number of rotatable bonds is 7. The lowest BCUT2D eigenvalue weighted by atomic mass is 10.2. The Kier molecular flexibility index (Phi) is 6.12. The summed E-state index contributed by atoms with van der Waals surface area (Å²) in [5.41, 5.74) is 0. The predicted molar refractivity (Wildman–Crippen MR) is 61.3 cm³/mol. The summed E-state index contributed by atoms with van der Waals surface area (Å²) in [6.45, 7) is 1.95. The molecule has 6 heteroatoms. The van der Waals surface area contributed by atoms with Crippen LogP contribution in [0.4, 0.5) is 0 Å². The Bertz CT molecular complexity index is 272. The number of aliphatic hydroxyl groups is 1. The van der Waals surface area contributed by atoms with Crippen LogP contribution < -0.4 is 0 Å². The van der Waals surface area contributed by atoms with Crippen LogP contribution in [-0.4, -0.2) is 66.5 Å². The summed E-state index contributed by atoms with van der Waals surface area (Å²) in [6.07, 6.45) is -1.78. The fraction of sp³-hybridized carbons (Fsp3) is 0.818. The van der Waals surface area contributed by atoms with E-state index in [9.17, 15) is 14.7 Å². The lowest BCUT2D eigenvalue weighted by Crippen LogP contribution is -2.42. The molecule has 0 radical (unpaired) electrons. The van der Waals surface area contributed by atoms with E-state index in [2.05, 4.69) is 0 Å². The molecule has 2 N–H and O–H groups in total. The molecular formula is C11H22NO5+. The Labute approximate surface area is 101 Å². The molecule has 0 fully saturated rings. The van der Waals surface area contributed by atoms with Crippen LogP contribution in [0.5, 0.6) is 0 Å². The minimum absolute atomic E-state index is 0.112. The second-order valence-electron chi connectivity index (χ2n) is 5.23. The lowest BCUT2D eigenvalue weighted by Gasteiger charge is -2.26. The number of quaternary nitrogens is 1. The van der Waals surface area contributed by atoms with E-state index < -0.39 is 24.1 Å². The molecule has 0 rings (SSSR count). The molecule has 0 amide bonds. The van der Waals surface area contributed by atoms with Crippen LogP contribution in [0.1, 0.15) is 19.8 Å². The van der Waals surface area contributed by atoms with Gasteiger partial charge in [0.25, 0.3) is 0 Å². The van der Waals surface area contributed by atoms with Gasteiger partial charge >= 0.3 is 11.9 Å². The van der Waals surface area contributed by atoms with Gasteiger partial charge in [0.1, 0.15) is 18.8 Å². The predicted octanol–water partition coefficient (Wildman–Crippen LogP) is -0.150. The Balaban J connectivity index is 3.97.